The van der Waals surface area contributed by atoms with Crippen LogP contribution in [0.1, 0.15) is 52.4 Å². The Bertz CT molecular complexity index is 228. The van der Waals surface area contributed by atoms with E-state index in [0.29, 0.717) is 12.0 Å². The zero-order chi connectivity index (χ0) is 13.2. The zero-order valence-electron chi connectivity index (χ0n) is 11.8. The van der Waals surface area contributed by atoms with E-state index in [1.807, 2.05) is 0 Å². The van der Waals surface area contributed by atoms with Crippen molar-refractivity contribution in [2.75, 3.05) is 19.8 Å². The minimum atomic E-state index is 0.584. The predicted molar refractivity (Wildman–Crippen MR) is 80.9 cm³/mol. The first-order valence-electron chi connectivity index (χ1n) is 7.30. The van der Waals surface area contributed by atoms with Gasteiger partial charge in [-0.25, -0.2) is 0 Å². The molecule has 0 aromatic rings. The Hall–Kier alpha value is -0.350. The van der Waals surface area contributed by atoms with Crippen molar-refractivity contribution >= 4 is 17.3 Å². The first-order valence-corrected chi connectivity index (χ1v) is 7.71. The van der Waals surface area contributed by atoms with Gasteiger partial charge in [-0.3, -0.25) is 0 Å². The molecule has 0 saturated heterocycles. The molecule has 106 valence electrons. The molecular weight excluding hydrogens is 244 g/mol. The molecule has 0 heterocycles. The quantitative estimate of drug-likeness (QED) is 0.551. The summed E-state index contributed by atoms with van der Waals surface area (Å²) in [7, 11) is 0. The van der Waals surface area contributed by atoms with Gasteiger partial charge in [0.2, 0.25) is 0 Å². The fourth-order valence-corrected chi connectivity index (χ4v) is 2.41. The highest BCUT2D eigenvalue weighted by atomic mass is 32.1. The summed E-state index contributed by atoms with van der Waals surface area (Å²) < 4.78 is 5.53. The smallest absolute Gasteiger partial charge is 0.166 e. The average Bonchev–Trinajstić information content (AvgIpc) is 2.34. The van der Waals surface area contributed by atoms with Crippen LogP contribution in [-0.2, 0) is 4.74 Å². The van der Waals surface area contributed by atoms with Crippen LogP contribution in [0.4, 0.5) is 0 Å². The van der Waals surface area contributed by atoms with E-state index in [2.05, 4.69) is 24.5 Å². The minimum Gasteiger partial charge on any atom is -0.380 e. The topological polar surface area (TPSA) is 33.3 Å². The third-order valence-corrected chi connectivity index (χ3v) is 3.57. The summed E-state index contributed by atoms with van der Waals surface area (Å²) in [4.78, 5) is 0. The van der Waals surface area contributed by atoms with Crippen LogP contribution in [0.15, 0.2) is 0 Å². The maximum atomic E-state index is 5.53. The largest absolute Gasteiger partial charge is 0.380 e. The number of thiocarbonyl (C=S) groups is 1. The molecule has 0 atom stereocenters. The van der Waals surface area contributed by atoms with Crippen LogP contribution in [0.3, 0.4) is 0 Å². The molecule has 1 aliphatic carbocycles. The van der Waals surface area contributed by atoms with Gasteiger partial charge in [-0.05, 0) is 37.4 Å². The molecule has 2 N–H and O–H groups in total. The molecule has 0 aromatic heterocycles. The van der Waals surface area contributed by atoms with Crippen LogP contribution in [0.25, 0.3) is 0 Å². The van der Waals surface area contributed by atoms with Crippen LogP contribution >= 0.6 is 12.2 Å². The summed E-state index contributed by atoms with van der Waals surface area (Å²) in [6.07, 6.45) is 7.68. The Morgan fingerprint density at radius 1 is 1.22 bits per heavy atom. The van der Waals surface area contributed by atoms with Crippen LogP contribution in [0.5, 0.6) is 0 Å². The van der Waals surface area contributed by atoms with Crippen molar-refractivity contribution in [3.63, 3.8) is 0 Å². The highest BCUT2D eigenvalue weighted by molar-refractivity contribution is 7.80. The van der Waals surface area contributed by atoms with Crippen molar-refractivity contribution in [1.29, 1.82) is 0 Å². The minimum absolute atomic E-state index is 0.584. The van der Waals surface area contributed by atoms with E-state index in [1.165, 1.54) is 32.1 Å². The Kier molecular flexibility index (Phi) is 8.34. The molecule has 0 aromatic carbocycles. The van der Waals surface area contributed by atoms with Crippen LogP contribution in [-0.4, -0.2) is 30.9 Å². The Morgan fingerprint density at radius 3 is 2.61 bits per heavy atom. The lowest BCUT2D eigenvalue weighted by molar-refractivity contribution is 0.128. The lowest BCUT2D eigenvalue weighted by Gasteiger charge is -2.24. The molecule has 1 aliphatic rings. The van der Waals surface area contributed by atoms with Gasteiger partial charge in [-0.15, -0.1) is 0 Å². The summed E-state index contributed by atoms with van der Waals surface area (Å²) in [6.45, 7) is 6.81. The van der Waals surface area contributed by atoms with Crippen LogP contribution in [0, 0.1) is 5.92 Å². The van der Waals surface area contributed by atoms with E-state index in [-0.39, 0.29) is 0 Å². The van der Waals surface area contributed by atoms with Gasteiger partial charge in [0.05, 0.1) is 6.61 Å². The first-order chi connectivity index (χ1) is 8.68. The Balaban J connectivity index is 1.93. The van der Waals surface area contributed by atoms with Crippen LogP contribution < -0.4 is 10.6 Å². The van der Waals surface area contributed by atoms with Crippen molar-refractivity contribution < 1.29 is 4.74 Å². The second-order valence-corrected chi connectivity index (χ2v) is 5.94. The molecule has 0 radical (unpaired) electrons. The predicted octanol–water partition coefficient (Wildman–Crippen LogP) is 2.85. The van der Waals surface area contributed by atoms with Gasteiger partial charge < -0.3 is 15.4 Å². The van der Waals surface area contributed by atoms with Crippen molar-refractivity contribution in [2.45, 2.75) is 58.4 Å². The molecule has 1 rings (SSSR count). The molecule has 4 heteroatoms. The van der Waals surface area contributed by atoms with E-state index in [1.54, 1.807) is 0 Å². The van der Waals surface area contributed by atoms with Gasteiger partial charge in [0.15, 0.2) is 5.11 Å². The Labute approximate surface area is 117 Å². The molecule has 18 heavy (non-hydrogen) atoms. The van der Waals surface area contributed by atoms with E-state index >= 15 is 0 Å². The van der Waals surface area contributed by atoms with Crippen molar-refractivity contribution in [3.05, 3.63) is 0 Å². The maximum Gasteiger partial charge on any atom is 0.166 e. The number of hydrogen-bond acceptors (Lipinski definition) is 2. The molecule has 1 saturated carbocycles. The SMILES string of the molecule is CC(C)CCOCCNC(=S)NC1CCCCC1. The molecule has 1 fully saturated rings. The lowest BCUT2D eigenvalue weighted by atomic mass is 9.96. The first kappa shape index (κ1) is 15.7. The van der Waals surface area contributed by atoms with Gasteiger partial charge >= 0.3 is 0 Å². The highest BCUT2D eigenvalue weighted by Gasteiger charge is 2.13. The number of rotatable bonds is 7. The van der Waals surface area contributed by atoms with E-state index < -0.39 is 0 Å². The van der Waals surface area contributed by atoms with Crippen molar-refractivity contribution in [2.24, 2.45) is 5.92 Å². The normalized spacial score (nSPS) is 16.8. The van der Waals surface area contributed by atoms with Gasteiger partial charge in [0.1, 0.15) is 0 Å². The molecule has 0 aliphatic heterocycles. The van der Waals surface area contributed by atoms with Gasteiger partial charge in [-0.2, -0.15) is 0 Å². The number of hydrogen-bond donors (Lipinski definition) is 2. The van der Waals surface area contributed by atoms with E-state index in [9.17, 15) is 0 Å². The number of ether oxygens (including phenoxy) is 1. The maximum absolute atomic E-state index is 5.53. The average molecular weight is 272 g/mol. The third-order valence-electron chi connectivity index (χ3n) is 3.31. The summed E-state index contributed by atoms with van der Waals surface area (Å²) >= 11 is 5.28. The zero-order valence-corrected chi connectivity index (χ0v) is 12.7. The highest BCUT2D eigenvalue weighted by Crippen LogP contribution is 2.17. The van der Waals surface area contributed by atoms with Crippen molar-refractivity contribution in [1.82, 2.24) is 10.6 Å². The summed E-state index contributed by atoms with van der Waals surface area (Å²) in [6, 6.07) is 0.584. The summed E-state index contributed by atoms with van der Waals surface area (Å²) in [5, 5.41) is 7.39. The molecule has 0 unspecified atom stereocenters. The lowest BCUT2D eigenvalue weighted by Crippen LogP contribution is -2.43. The summed E-state index contributed by atoms with van der Waals surface area (Å²) in [5.41, 5.74) is 0. The molecular formula is C14H28N2OS. The fourth-order valence-electron chi connectivity index (χ4n) is 2.14. The molecule has 3 nitrogen and oxygen atoms in total. The van der Waals surface area contributed by atoms with Gasteiger partial charge in [0.25, 0.3) is 0 Å². The molecule has 0 bridgehead atoms. The van der Waals surface area contributed by atoms with Gasteiger partial charge in [0, 0.05) is 19.2 Å². The van der Waals surface area contributed by atoms with Crippen molar-refractivity contribution in [3.8, 4) is 0 Å². The third kappa shape index (κ3) is 7.88. The molecule has 0 amide bonds. The second-order valence-electron chi connectivity index (χ2n) is 5.53. The van der Waals surface area contributed by atoms with Gasteiger partial charge in [-0.1, -0.05) is 33.1 Å². The second kappa shape index (κ2) is 9.56. The molecule has 0 spiro atoms. The van der Waals surface area contributed by atoms with Crippen LogP contribution in [0.2, 0.25) is 0 Å². The van der Waals surface area contributed by atoms with E-state index in [4.69, 9.17) is 17.0 Å². The van der Waals surface area contributed by atoms with E-state index in [0.717, 1.165) is 31.3 Å². The number of nitrogens with one attached hydrogen (secondary N) is 2. The summed E-state index contributed by atoms with van der Waals surface area (Å²) in [5.74, 6) is 0.715. The monoisotopic (exact) mass is 272 g/mol. The fraction of sp³-hybridized carbons (Fsp3) is 0.929. The standard InChI is InChI=1S/C14H28N2OS/c1-12(2)8-10-17-11-9-15-14(18)16-13-6-4-3-5-7-13/h12-13H,3-11H2,1-2H3,(H2,15,16,18). The Morgan fingerprint density at radius 2 is 1.94 bits per heavy atom.